The Bertz CT molecular complexity index is 1170. The Hall–Kier alpha value is -3.07. The van der Waals surface area contributed by atoms with E-state index in [1.54, 1.807) is 24.3 Å². The van der Waals surface area contributed by atoms with Gasteiger partial charge < -0.3 is 14.8 Å². The van der Waals surface area contributed by atoms with Crippen molar-refractivity contribution in [2.24, 2.45) is 0 Å². The fourth-order valence-corrected chi connectivity index (χ4v) is 4.38. The van der Waals surface area contributed by atoms with Crippen molar-refractivity contribution in [1.82, 2.24) is 4.72 Å². The maximum atomic E-state index is 13.1. The standard InChI is InChI=1S/C23H23ClN2O5S/c1-30-21-13-12-19(15-22(21)31-2)32(28,29)26-20(14-16-6-4-3-5-7-16)23(27)25-18-10-8-17(24)9-11-18/h3-13,15,20,26H,14H2,1-2H3,(H,25,27). The van der Waals surface area contributed by atoms with Crippen molar-refractivity contribution >= 4 is 33.2 Å². The summed E-state index contributed by atoms with van der Waals surface area (Å²) < 4.78 is 39.1. The number of rotatable bonds is 9. The summed E-state index contributed by atoms with van der Waals surface area (Å²) in [4.78, 5) is 13.0. The van der Waals surface area contributed by atoms with Crippen LogP contribution >= 0.6 is 11.6 Å². The minimum absolute atomic E-state index is 0.0486. The highest BCUT2D eigenvalue weighted by molar-refractivity contribution is 7.89. The lowest BCUT2D eigenvalue weighted by atomic mass is 10.1. The summed E-state index contributed by atoms with van der Waals surface area (Å²) >= 11 is 5.90. The quantitative estimate of drug-likeness (QED) is 0.490. The van der Waals surface area contributed by atoms with E-state index in [0.717, 1.165) is 5.56 Å². The average molecular weight is 475 g/mol. The molecule has 32 heavy (non-hydrogen) atoms. The minimum atomic E-state index is -4.05. The molecule has 1 amide bonds. The molecule has 0 aliphatic rings. The summed E-state index contributed by atoms with van der Waals surface area (Å²) in [6.45, 7) is 0. The lowest BCUT2D eigenvalue weighted by Gasteiger charge is -2.19. The van der Waals surface area contributed by atoms with Crippen LogP contribution in [0.15, 0.2) is 77.7 Å². The number of ether oxygens (including phenoxy) is 2. The van der Waals surface area contributed by atoms with Gasteiger partial charge in [0.2, 0.25) is 15.9 Å². The molecule has 3 aromatic rings. The van der Waals surface area contributed by atoms with E-state index < -0.39 is 22.0 Å². The zero-order chi connectivity index (χ0) is 23.1. The second-order valence-electron chi connectivity index (χ2n) is 6.88. The molecule has 0 radical (unpaired) electrons. The van der Waals surface area contributed by atoms with Crippen LogP contribution in [0.4, 0.5) is 5.69 Å². The molecule has 0 fully saturated rings. The Morgan fingerprint density at radius 3 is 2.22 bits per heavy atom. The Balaban J connectivity index is 1.88. The molecule has 168 valence electrons. The maximum absolute atomic E-state index is 13.1. The second kappa shape index (κ2) is 10.5. The molecule has 0 spiro atoms. The van der Waals surface area contributed by atoms with E-state index >= 15 is 0 Å². The Morgan fingerprint density at radius 2 is 1.59 bits per heavy atom. The van der Waals surface area contributed by atoms with Crippen LogP contribution in [0.1, 0.15) is 5.56 Å². The van der Waals surface area contributed by atoms with Gasteiger partial charge in [0, 0.05) is 16.8 Å². The lowest BCUT2D eigenvalue weighted by Crippen LogP contribution is -2.45. The van der Waals surface area contributed by atoms with Crippen LogP contribution in [0.5, 0.6) is 11.5 Å². The third kappa shape index (κ3) is 6.00. The molecule has 0 heterocycles. The van der Waals surface area contributed by atoms with E-state index in [0.29, 0.717) is 16.5 Å². The van der Waals surface area contributed by atoms with Crippen molar-refractivity contribution in [2.75, 3.05) is 19.5 Å². The number of hydrogen-bond donors (Lipinski definition) is 2. The maximum Gasteiger partial charge on any atom is 0.242 e. The van der Waals surface area contributed by atoms with Crippen LogP contribution in [0.25, 0.3) is 0 Å². The van der Waals surface area contributed by atoms with Gasteiger partial charge in [-0.15, -0.1) is 0 Å². The lowest BCUT2D eigenvalue weighted by molar-refractivity contribution is -0.117. The van der Waals surface area contributed by atoms with E-state index in [9.17, 15) is 13.2 Å². The molecule has 0 saturated heterocycles. The molecule has 9 heteroatoms. The molecular weight excluding hydrogens is 452 g/mol. The van der Waals surface area contributed by atoms with Crippen molar-refractivity contribution in [3.05, 3.63) is 83.4 Å². The van der Waals surface area contributed by atoms with Gasteiger partial charge in [-0.3, -0.25) is 4.79 Å². The first-order chi connectivity index (χ1) is 15.3. The average Bonchev–Trinajstić information content (AvgIpc) is 2.80. The van der Waals surface area contributed by atoms with Gasteiger partial charge in [0.1, 0.15) is 6.04 Å². The normalized spacial score (nSPS) is 12.1. The van der Waals surface area contributed by atoms with Crippen LogP contribution in [-0.2, 0) is 21.2 Å². The van der Waals surface area contributed by atoms with Crippen LogP contribution in [0.3, 0.4) is 0 Å². The number of halogens is 1. The number of amides is 1. The fourth-order valence-electron chi connectivity index (χ4n) is 3.04. The van der Waals surface area contributed by atoms with Crippen molar-refractivity contribution in [3.63, 3.8) is 0 Å². The minimum Gasteiger partial charge on any atom is -0.493 e. The molecular formula is C23H23ClN2O5S. The highest BCUT2D eigenvalue weighted by Gasteiger charge is 2.27. The topological polar surface area (TPSA) is 93.7 Å². The molecule has 7 nitrogen and oxygen atoms in total. The Kier molecular flexibility index (Phi) is 7.74. The van der Waals surface area contributed by atoms with E-state index in [4.69, 9.17) is 21.1 Å². The third-order valence-electron chi connectivity index (χ3n) is 4.67. The predicted octanol–water partition coefficient (Wildman–Crippen LogP) is 3.89. The Morgan fingerprint density at radius 1 is 0.938 bits per heavy atom. The van der Waals surface area contributed by atoms with Crippen LogP contribution in [0, 0.1) is 0 Å². The highest BCUT2D eigenvalue weighted by atomic mass is 35.5. The van der Waals surface area contributed by atoms with Gasteiger partial charge in [-0.05, 0) is 48.4 Å². The summed E-state index contributed by atoms with van der Waals surface area (Å²) in [5, 5.41) is 3.26. The molecule has 3 rings (SSSR count). The molecule has 3 aromatic carbocycles. The number of methoxy groups -OCH3 is 2. The molecule has 2 N–H and O–H groups in total. The van der Waals surface area contributed by atoms with Gasteiger partial charge in [0.05, 0.1) is 19.1 Å². The summed E-state index contributed by atoms with van der Waals surface area (Å²) in [5.41, 5.74) is 1.31. The fraction of sp³-hybridized carbons (Fsp3) is 0.174. The first-order valence-electron chi connectivity index (χ1n) is 9.67. The van der Waals surface area contributed by atoms with Gasteiger partial charge in [0.25, 0.3) is 0 Å². The number of sulfonamides is 1. The number of carbonyl (C=O) groups is 1. The van der Waals surface area contributed by atoms with Crippen LogP contribution < -0.4 is 19.5 Å². The van der Waals surface area contributed by atoms with Crippen molar-refractivity contribution in [2.45, 2.75) is 17.4 Å². The summed E-state index contributed by atoms with van der Waals surface area (Å²) in [7, 11) is -1.17. The van der Waals surface area contributed by atoms with E-state index in [1.165, 1.54) is 32.4 Å². The summed E-state index contributed by atoms with van der Waals surface area (Å²) in [6.07, 6.45) is 0.160. The van der Waals surface area contributed by atoms with Crippen molar-refractivity contribution in [3.8, 4) is 11.5 Å². The summed E-state index contributed by atoms with van der Waals surface area (Å²) in [5.74, 6) is 0.161. The van der Waals surface area contributed by atoms with Gasteiger partial charge in [-0.25, -0.2) is 8.42 Å². The van der Waals surface area contributed by atoms with Crippen LogP contribution in [-0.4, -0.2) is 34.6 Å². The van der Waals surface area contributed by atoms with E-state index in [2.05, 4.69) is 10.0 Å². The molecule has 0 aliphatic heterocycles. The van der Waals surface area contributed by atoms with Crippen molar-refractivity contribution in [1.29, 1.82) is 0 Å². The smallest absolute Gasteiger partial charge is 0.242 e. The second-order valence-corrected chi connectivity index (χ2v) is 9.03. The molecule has 0 bridgehead atoms. The molecule has 1 unspecified atom stereocenters. The number of benzene rings is 3. The summed E-state index contributed by atoms with van der Waals surface area (Å²) in [6, 6.07) is 18.9. The zero-order valence-electron chi connectivity index (χ0n) is 17.5. The van der Waals surface area contributed by atoms with Gasteiger partial charge in [-0.1, -0.05) is 41.9 Å². The van der Waals surface area contributed by atoms with Gasteiger partial charge in [0.15, 0.2) is 11.5 Å². The SMILES string of the molecule is COc1ccc(S(=O)(=O)NC(Cc2ccccc2)C(=O)Nc2ccc(Cl)cc2)cc1OC. The highest BCUT2D eigenvalue weighted by Crippen LogP contribution is 2.29. The van der Waals surface area contributed by atoms with Gasteiger partial charge >= 0.3 is 0 Å². The Labute approximate surface area is 192 Å². The first-order valence-corrected chi connectivity index (χ1v) is 11.5. The first kappa shape index (κ1) is 23.6. The molecule has 0 saturated carbocycles. The number of carbonyl (C=O) groups excluding carboxylic acids is 1. The number of nitrogens with one attached hydrogen (secondary N) is 2. The largest absolute Gasteiger partial charge is 0.493 e. The zero-order valence-corrected chi connectivity index (χ0v) is 19.1. The van der Waals surface area contributed by atoms with E-state index in [-0.39, 0.29) is 17.1 Å². The van der Waals surface area contributed by atoms with Crippen molar-refractivity contribution < 1.29 is 22.7 Å². The van der Waals surface area contributed by atoms with E-state index in [1.807, 2.05) is 30.3 Å². The van der Waals surface area contributed by atoms with Gasteiger partial charge in [-0.2, -0.15) is 4.72 Å². The third-order valence-corrected chi connectivity index (χ3v) is 6.39. The molecule has 0 aliphatic carbocycles. The molecule has 0 aromatic heterocycles. The predicted molar refractivity (Wildman–Crippen MR) is 124 cm³/mol. The van der Waals surface area contributed by atoms with Crippen LogP contribution in [0.2, 0.25) is 5.02 Å². The number of hydrogen-bond acceptors (Lipinski definition) is 5. The monoisotopic (exact) mass is 474 g/mol. The number of anilines is 1. The molecule has 1 atom stereocenters.